The van der Waals surface area contributed by atoms with Crippen molar-refractivity contribution in [2.75, 3.05) is 0 Å². The molecule has 0 saturated carbocycles. The van der Waals surface area contributed by atoms with E-state index in [0.717, 1.165) is 12.4 Å². The van der Waals surface area contributed by atoms with Crippen molar-refractivity contribution < 1.29 is 45.8 Å². The maximum atomic E-state index is 13.4. The summed E-state index contributed by atoms with van der Waals surface area (Å²) >= 11 is 0. The van der Waals surface area contributed by atoms with E-state index in [1.54, 1.807) is 20.8 Å². The Kier molecular flexibility index (Phi) is 5.92. The van der Waals surface area contributed by atoms with Gasteiger partial charge >= 0.3 is 24.4 Å². The number of nitrogens with zero attached hydrogens (tertiary/aromatic N) is 2. The summed E-state index contributed by atoms with van der Waals surface area (Å²) in [7, 11) is 0. The van der Waals surface area contributed by atoms with Gasteiger partial charge in [-0.1, -0.05) is 0 Å². The predicted molar refractivity (Wildman–Crippen MR) is 90.6 cm³/mol. The number of benzene rings is 1. The lowest BCUT2D eigenvalue weighted by molar-refractivity contribution is -0.143. The van der Waals surface area contributed by atoms with Gasteiger partial charge in [0, 0.05) is 11.8 Å². The highest BCUT2D eigenvalue weighted by Crippen LogP contribution is 2.42. The summed E-state index contributed by atoms with van der Waals surface area (Å²) in [6.07, 6.45) is -10.9. The van der Waals surface area contributed by atoms with Crippen molar-refractivity contribution in [1.82, 2.24) is 9.78 Å². The Morgan fingerprint density at radius 1 is 1.07 bits per heavy atom. The van der Waals surface area contributed by atoms with Gasteiger partial charge in [0.25, 0.3) is 0 Å². The molecule has 164 valence electrons. The summed E-state index contributed by atoms with van der Waals surface area (Å²) < 4.78 is 85.5. The summed E-state index contributed by atoms with van der Waals surface area (Å²) in [5.74, 6) is -1.68. The molecule has 0 atom stereocenters. The van der Waals surface area contributed by atoms with Crippen molar-refractivity contribution in [3.63, 3.8) is 0 Å². The Labute approximate surface area is 166 Å². The minimum Gasteiger partial charge on any atom is -0.481 e. The summed E-state index contributed by atoms with van der Waals surface area (Å²) in [5.41, 5.74) is -6.14. The van der Waals surface area contributed by atoms with Gasteiger partial charge < -0.3 is 9.84 Å². The van der Waals surface area contributed by atoms with E-state index in [0.29, 0.717) is 10.7 Å². The van der Waals surface area contributed by atoms with Gasteiger partial charge in [-0.05, 0) is 44.0 Å². The topological polar surface area (TPSA) is 81.4 Å². The molecule has 0 aliphatic rings. The zero-order chi connectivity index (χ0) is 23.1. The molecule has 0 saturated heterocycles. The molecule has 12 heteroatoms. The van der Waals surface area contributed by atoms with Crippen LogP contribution in [-0.2, 0) is 28.3 Å². The van der Waals surface area contributed by atoms with Crippen molar-refractivity contribution in [3.05, 3.63) is 41.2 Å². The Morgan fingerprint density at radius 3 is 2.13 bits per heavy atom. The van der Waals surface area contributed by atoms with E-state index in [-0.39, 0.29) is 11.6 Å². The average molecular weight is 438 g/mol. The summed E-state index contributed by atoms with van der Waals surface area (Å²) in [6.45, 7) is 4.63. The first-order valence-electron chi connectivity index (χ1n) is 8.30. The van der Waals surface area contributed by atoms with E-state index in [2.05, 4.69) is 5.10 Å². The van der Waals surface area contributed by atoms with Crippen LogP contribution in [0.15, 0.2) is 24.5 Å². The minimum absolute atomic E-state index is 0.139. The molecule has 0 spiro atoms. The Balaban J connectivity index is 2.71. The highest BCUT2D eigenvalue weighted by molar-refractivity contribution is 5.79. The number of carbonyl (C=O) groups is 2. The van der Waals surface area contributed by atoms with Gasteiger partial charge in [-0.25, -0.2) is 4.79 Å². The summed E-state index contributed by atoms with van der Waals surface area (Å²) in [5, 5.41) is 12.6. The van der Waals surface area contributed by atoms with Gasteiger partial charge in [0.15, 0.2) is 0 Å². The highest BCUT2D eigenvalue weighted by Gasteiger charge is 2.40. The number of alkyl halides is 6. The summed E-state index contributed by atoms with van der Waals surface area (Å²) in [6, 6.07) is 0.254. The van der Waals surface area contributed by atoms with Crippen LogP contribution in [0.2, 0.25) is 0 Å². The molecule has 0 aliphatic heterocycles. The van der Waals surface area contributed by atoms with E-state index >= 15 is 0 Å². The third kappa shape index (κ3) is 5.51. The van der Waals surface area contributed by atoms with Crippen molar-refractivity contribution in [1.29, 1.82) is 0 Å². The van der Waals surface area contributed by atoms with E-state index in [9.17, 15) is 35.9 Å². The van der Waals surface area contributed by atoms with E-state index in [4.69, 9.17) is 9.84 Å². The molecule has 2 rings (SSSR count). The van der Waals surface area contributed by atoms with E-state index in [1.807, 2.05) is 0 Å². The van der Waals surface area contributed by atoms with Gasteiger partial charge in [-0.2, -0.15) is 36.1 Å². The molecular formula is C18H16F6N2O4. The fraction of sp³-hybridized carbons (Fsp3) is 0.389. The molecule has 30 heavy (non-hydrogen) atoms. The van der Waals surface area contributed by atoms with Crippen molar-refractivity contribution in [3.8, 4) is 11.1 Å². The minimum atomic E-state index is -5.25. The van der Waals surface area contributed by atoms with Crippen LogP contribution >= 0.6 is 0 Å². The molecule has 1 aromatic heterocycles. The van der Waals surface area contributed by atoms with Crippen molar-refractivity contribution >= 4 is 12.1 Å². The molecule has 0 fully saturated rings. The monoisotopic (exact) mass is 438 g/mol. The smallest absolute Gasteiger partial charge is 0.435 e. The molecule has 0 radical (unpaired) electrons. The second kappa shape index (κ2) is 7.65. The lowest BCUT2D eigenvalue weighted by Crippen LogP contribution is -2.27. The van der Waals surface area contributed by atoms with Crippen LogP contribution in [0.4, 0.5) is 31.1 Å². The first-order valence-corrected chi connectivity index (χ1v) is 8.30. The van der Waals surface area contributed by atoms with Gasteiger partial charge in [0.2, 0.25) is 0 Å². The van der Waals surface area contributed by atoms with Crippen LogP contribution in [0.25, 0.3) is 11.1 Å². The molecular weight excluding hydrogens is 422 g/mol. The van der Waals surface area contributed by atoms with Gasteiger partial charge in [0.05, 0.1) is 23.7 Å². The number of hydrogen-bond acceptors (Lipinski definition) is 4. The number of halogens is 6. The number of ether oxygens (including phenoxy) is 1. The Bertz CT molecular complexity index is 971. The van der Waals surface area contributed by atoms with E-state index < -0.39 is 58.7 Å². The number of aliphatic carboxylic acids is 1. The maximum Gasteiger partial charge on any atom is 0.435 e. The molecule has 0 amide bonds. The third-order valence-electron chi connectivity index (χ3n) is 3.68. The lowest BCUT2D eigenvalue weighted by Gasteiger charge is -2.19. The molecule has 0 unspecified atom stereocenters. The molecule has 1 aromatic carbocycles. The zero-order valence-electron chi connectivity index (χ0n) is 15.9. The molecule has 0 aliphatic carbocycles. The van der Waals surface area contributed by atoms with Crippen molar-refractivity contribution in [2.45, 2.75) is 45.1 Å². The average Bonchev–Trinajstić information content (AvgIpc) is 3.00. The van der Waals surface area contributed by atoms with Crippen LogP contribution in [0.5, 0.6) is 0 Å². The highest BCUT2D eigenvalue weighted by atomic mass is 19.4. The fourth-order valence-electron chi connectivity index (χ4n) is 2.56. The predicted octanol–water partition coefficient (Wildman–Crippen LogP) is 5.00. The largest absolute Gasteiger partial charge is 0.481 e. The quantitative estimate of drug-likeness (QED) is 0.683. The second-order valence-electron chi connectivity index (χ2n) is 7.27. The maximum absolute atomic E-state index is 13.4. The Morgan fingerprint density at radius 2 is 1.67 bits per heavy atom. The van der Waals surface area contributed by atoms with Gasteiger partial charge in [-0.3, -0.25) is 4.79 Å². The first kappa shape index (κ1) is 23.2. The number of rotatable bonds is 3. The molecule has 6 nitrogen and oxygen atoms in total. The number of aromatic nitrogens is 2. The standard InChI is InChI=1S/C18H16F6N2O4/c1-16(2,3)30-15(29)26-8-9(7-25-26)11-4-10(17(19,20)21)5-13(18(22,23)24)12(11)6-14(27)28/h4-5,7-8H,6H2,1-3H3,(H,27,28). The van der Waals surface area contributed by atoms with Crippen molar-refractivity contribution in [2.24, 2.45) is 0 Å². The molecule has 2 aromatic rings. The van der Waals surface area contributed by atoms with Crippen LogP contribution in [0.3, 0.4) is 0 Å². The third-order valence-corrected chi connectivity index (χ3v) is 3.68. The Hall–Kier alpha value is -3.05. The first-order chi connectivity index (χ1) is 13.5. The number of carboxylic acid groups (broad SMARTS) is 1. The van der Waals surface area contributed by atoms with E-state index in [1.165, 1.54) is 0 Å². The lowest BCUT2D eigenvalue weighted by atomic mass is 9.91. The van der Waals surface area contributed by atoms with Crippen LogP contribution in [0, 0.1) is 0 Å². The molecule has 1 heterocycles. The second-order valence-corrected chi connectivity index (χ2v) is 7.27. The normalized spacial score (nSPS) is 12.7. The molecule has 1 N–H and O–H groups in total. The number of carboxylic acids is 1. The fourth-order valence-corrected chi connectivity index (χ4v) is 2.56. The van der Waals surface area contributed by atoms with Crippen LogP contribution in [0.1, 0.15) is 37.5 Å². The molecule has 0 bridgehead atoms. The summed E-state index contributed by atoms with van der Waals surface area (Å²) in [4.78, 5) is 23.1. The van der Waals surface area contributed by atoms with Gasteiger partial charge in [0.1, 0.15) is 5.60 Å². The number of carbonyl (C=O) groups excluding carboxylic acids is 1. The van der Waals surface area contributed by atoms with Crippen LogP contribution in [-0.4, -0.2) is 32.6 Å². The zero-order valence-corrected chi connectivity index (χ0v) is 15.9. The van der Waals surface area contributed by atoms with Gasteiger partial charge in [-0.15, -0.1) is 0 Å². The SMILES string of the molecule is CC(C)(C)OC(=O)n1cc(-c2cc(C(F)(F)F)cc(C(F)(F)F)c2CC(=O)O)cn1. The number of hydrogen-bond donors (Lipinski definition) is 1. The van der Waals surface area contributed by atoms with Crippen LogP contribution < -0.4 is 0 Å².